The molecule has 0 saturated carbocycles. The predicted octanol–water partition coefficient (Wildman–Crippen LogP) is 0.913. The zero-order valence-electron chi connectivity index (χ0n) is 9.73. The van der Waals surface area contributed by atoms with E-state index in [1.807, 2.05) is 13.0 Å². The molecule has 6 nitrogen and oxygen atoms in total. The third-order valence-corrected chi connectivity index (χ3v) is 2.36. The molecule has 0 atom stereocenters. The number of carbonyl (C=O) groups is 1. The number of rotatable bonds is 2. The van der Waals surface area contributed by atoms with Crippen molar-refractivity contribution in [3.63, 3.8) is 0 Å². The predicted molar refractivity (Wildman–Crippen MR) is 68.4 cm³/mol. The van der Waals surface area contributed by atoms with Crippen molar-refractivity contribution in [1.82, 2.24) is 9.97 Å². The van der Waals surface area contributed by atoms with E-state index in [0.29, 0.717) is 11.4 Å². The first-order valence-electron chi connectivity index (χ1n) is 5.28. The summed E-state index contributed by atoms with van der Waals surface area (Å²) in [4.78, 5) is 28.7. The fourth-order valence-electron chi connectivity index (χ4n) is 1.45. The summed E-state index contributed by atoms with van der Waals surface area (Å²) in [7, 11) is 0. The lowest BCUT2D eigenvalue weighted by Crippen LogP contribution is -2.17. The van der Waals surface area contributed by atoms with Crippen LogP contribution in [-0.2, 0) is 0 Å². The van der Waals surface area contributed by atoms with E-state index in [9.17, 15) is 9.59 Å². The highest BCUT2D eigenvalue weighted by molar-refractivity contribution is 6.04. The fraction of sp³-hybridized carbons (Fsp3) is 0.0833. The van der Waals surface area contributed by atoms with E-state index in [4.69, 9.17) is 5.73 Å². The molecule has 0 radical (unpaired) electrons. The molecule has 6 heteroatoms. The van der Waals surface area contributed by atoms with Crippen LogP contribution < -0.4 is 16.6 Å². The zero-order chi connectivity index (χ0) is 13.1. The van der Waals surface area contributed by atoms with E-state index in [2.05, 4.69) is 15.3 Å². The summed E-state index contributed by atoms with van der Waals surface area (Å²) in [6, 6.07) is 5.32. The van der Waals surface area contributed by atoms with Crippen molar-refractivity contribution < 1.29 is 4.79 Å². The second-order valence-corrected chi connectivity index (χ2v) is 3.84. The number of hydrogen-bond donors (Lipinski definition) is 3. The summed E-state index contributed by atoms with van der Waals surface area (Å²) < 4.78 is 0. The van der Waals surface area contributed by atoms with Crippen LogP contribution in [0.3, 0.4) is 0 Å². The van der Waals surface area contributed by atoms with Gasteiger partial charge in [-0.1, -0.05) is 6.07 Å². The van der Waals surface area contributed by atoms with E-state index < -0.39 is 5.91 Å². The molecular weight excluding hydrogens is 232 g/mol. The lowest BCUT2D eigenvalue weighted by Gasteiger charge is -2.08. The molecule has 0 bridgehead atoms. The number of nitrogen functional groups attached to an aromatic ring is 1. The molecule has 1 amide bonds. The molecule has 1 aromatic carbocycles. The van der Waals surface area contributed by atoms with Crippen LogP contribution in [0, 0.1) is 6.92 Å². The first kappa shape index (κ1) is 11.8. The molecule has 0 unspecified atom stereocenters. The first-order valence-corrected chi connectivity index (χ1v) is 5.28. The van der Waals surface area contributed by atoms with Gasteiger partial charge < -0.3 is 16.0 Å². The number of amides is 1. The molecule has 0 aliphatic rings. The van der Waals surface area contributed by atoms with Gasteiger partial charge in [-0.05, 0) is 24.6 Å². The zero-order valence-corrected chi connectivity index (χ0v) is 9.73. The van der Waals surface area contributed by atoms with Crippen molar-refractivity contribution in [3.8, 4) is 0 Å². The second-order valence-electron chi connectivity index (χ2n) is 3.84. The highest BCUT2D eigenvalue weighted by Gasteiger charge is 2.09. The van der Waals surface area contributed by atoms with Crippen LogP contribution in [0.25, 0.3) is 0 Å². The SMILES string of the molecule is Cc1ccc(NC(=O)c2c[nH]c(=O)cn2)c(N)c1. The van der Waals surface area contributed by atoms with Crippen LogP contribution >= 0.6 is 0 Å². The second kappa shape index (κ2) is 4.70. The van der Waals surface area contributed by atoms with Gasteiger partial charge in [-0.25, -0.2) is 4.98 Å². The standard InChI is InChI=1S/C12H12N4O2/c1-7-2-3-9(8(13)4-7)16-12(18)10-5-15-11(17)6-14-10/h2-6H,13H2,1H3,(H,15,17)(H,16,18). The summed E-state index contributed by atoms with van der Waals surface area (Å²) in [6.07, 6.45) is 2.30. The van der Waals surface area contributed by atoms with Crippen molar-refractivity contribution >= 4 is 17.3 Å². The maximum Gasteiger partial charge on any atom is 0.275 e. The quantitative estimate of drug-likeness (QED) is 0.683. The number of hydrogen-bond acceptors (Lipinski definition) is 4. The van der Waals surface area contributed by atoms with Crippen LogP contribution in [-0.4, -0.2) is 15.9 Å². The highest BCUT2D eigenvalue weighted by Crippen LogP contribution is 2.19. The minimum atomic E-state index is -0.429. The molecule has 0 saturated heterocycles. The lowest BCUT2D eigenvalue weighted by atomic mass is 10.2. The van der Waals surface area contributed by atoms with Crippen LogP contribution in [0.15, 0.2) is 35.4 Å². The van der Waals surface area contributed by atoms with Crippen molar-refractivity contribution in [2.45, 2.75) is 6.92 Å². The third-order valence-electron chi connectivity index (χ3n) is 2.36. The van der Waals surface area contributed by atoms with Crippen LogP contribution in [0.1, 0.15) is 16.1 Å². The summed E-state index contributed by atoms with van der Waals surface area (Å²) in [5, 5.41) is 2.62. The Kier molecular flexibility index (Phi) is 3.09. The molecular formula is C12H12N4O2. The minimum absolute atomic E-state index is 0.120. The number of nitrogens with zero attached hydrogens (tertiary/aromatic N) is 1. The average Bonchev–Trinajstić information content (AvgIpc) is 2.33. The molecule has 0 spiro atoms. The van der Waals surface area contributed by atoms with Gasteiger partial charge in [0, 0.05) is 6.20 Å². The molecule has 92 valence electrons. The van der Waals surface area contributed by atoms with Crippen LogP contribution in [0.2, 0.25) is 0 Å². The molecule has 1 heterocycles. The Morgan fingerprint density at radius 2 is 2.22 bits per heavy atom. The smallest absolute Gasteiger partial charge is 0.275 e. The lowest BCUT2D eigenvalue weighted by molar-refractivity contribution is 0.102. The van der Waals surface area contributed by atoms with Crippen molar-refractivity contribution in [1.29, 1.82) is 0 Å². The highest BCUT2D eigenvalue weighted by atomic mass is 16.2. The summed E-state index contributed by atoms with van der Waals surface area (Å²) in [6.45, 7) is 1.91. The van der Waals surface area contributed by atoms with Crippen molar-refractivity contribution in [2.24, 2.45) is 0 Å². The molecule has 0 fully saturated rings. The summed E-state index contributed by atoms with van der Waals surface area (Å²) in [5.74, 6) is -0.429. The van der Waals surface area contributed by atoms with Gasteiger partial charge in [-0.15, -0.1) is 0 Å². The monoisotopic (exact) mass is 244 g/mol. The largest absolute Gasteiger partial charge is 0.397 e. The van der Waals surface area contributed by atoms with Gasteiger partial charge in [0.2, 0.25) is 0 Å². The van der Waals surface area contributed by atoms with Gasteiger partial charge in [0.1, 0.15) is 5.69 Å². The first-order chi connectivity index (χ1) is 8.56. The number of H-pyrrole nitrogens is 1. The van der Waals surface area contributed by atoms with Gasteiger partial charge in [-0.3, -0.25) is 9.59 Å². The molecule has 2 rings (SSSR count). The third kappa shape index (κ3) is 2.54. The van der Waals surface area contributed by atoms with E-state index in [0.717, 1.165) is 11.8 Å². The Morgan fingerprint density at radius 3 is 2.83 bits per heavy atom. The van der Waals surface area contributed by atoms with E-state index in [1.165, 1.54) is 6.20 Å². The Hall–Kier alpha value is -2.63. The van der Waals surface area contributed by atoms with E-state index in [1.54, 1.807) is 12.1 Å². The maximum absolute atomic E-state index is 11.8. The van der Waals surface area contributed by atoms with Gasteiger partial charge >= 0.3 is 0 Å². The number of carbonyl (C=O) groups excluding carboxylic acids is 1. The Bertz CT molecular complexity index is 628. The number of anilines is 2. The van der Waals surface area contributed by atoms with Crippen LogP contribution in [0.5, 0.6) is 0 Å². The van der Waals surface area contributed by atoms with E-state index in [-0.39, 0.29) is 11.3 Å². The summed E-state index contributed by atoms with van der Waals surface area (Å²) in [5.41, 5.74) is 7.54. The fourth-order valence-corrected chi connectivity index (χ4v) is 1.45. The number of nitrogens with one attached hydrogen (secondary N) is 2. The van der Waals surface area contributed by atoms with Crippen LogP contribution in [0.4, 0.5) is 11.4 Å². The van der Waals surface area contributed by atoms with Crippen molar-refractivity contribution in [2.75, 3.05) is 11.1 Å². The maximum atomic E-state index is 11.8. The van der Waals surface area contributed by atoms with Gasteiger partial charge in [0.05, 0.1) is 17.6 Å². The summed E-state index contributed by atoms with van der Waals surface area (Å²) >= 11 is 0. The number of aromatic nitrogens is 2. The topological polar surface area (TPSA) is 101 Å². The Morgan fingerprint density at radius 1 is 1.44 bits per heavy atom. The molecule has 0 aliphatic heterocycles. The van der Waals surface area contributed by atoms with Crippen molar-refractivity contribution in [3.05, 3.63) is 52.2 Å². The Labute approximate surface area is 103 Å². The molecule has 2 aromatic rings. The molecule has 4 N–H and O–H groups in total. The number of aromatic amines is 1. The Balaban J connectivity index is 2.21. The van der Waals surface area contributed by atoms with E-state index >= 15 is 0 Å². The average molecular weight is 244 g/mol. The van der Waals surface area contributed by atoms with Gasteiger partial charge in [0.25, 0.3) is 11.5 Å². The molecule has 18 heavy (non-hydrogen) atoms. The number of benzene rings is 1. The number of nitrogens with two attached hydrogens (primary N) is 1. The normalized spacial score (nSPS) is 10.1. The van der Waals surface area contributed by atoms with Gasteiger partial charge in [0.15, 0.2) is 0 Å². The minimum Gasteiger partial charge on any atom is -0.397 e. The molecule has 1 aromatic heterocycles. The number of aryl methyl sites for hydroxylation is 1. The molecule has 0 aliphatic carbocycles. The van der Waals surface area contributed by atoms with Gasteiger partial charge in [-0.2, -0.15) is 0 Å².